The molecule has 25 heavy (non-hydrogen) atoms. The fourth-order valence-corrected chi connectivity index (χ4v) is 2.82. The van der Waals surface area contributed by atoms with Crippen molar-refractivity contribution in [2.75, 3.05) is 5.32 Å². The minimum atomic E-state index is -0.0101. The van der Waals surface area contributed by atoms with Crippen molar-refractivity contribution >= 4 is 11.6 Å². The van der Waals surface area contributed by atoms with Gasteiger partial charge in [0, 0.05) is 30.4 Å². The summed E-state index contributed by atoms with van der Waals surface area (Å²) < 4.78 is 1.85. The number of nitrogens with one attached hydrogen (secondary N) is 2. The Morgan fingerprint density at radius 1 is 1.20 bits per heavy atom. The molecule has 3 rings (SSSR count). The Balaban J connectivity index is 1.59. The molecule has 0 atom stereocenters. The highest BCUT2D eigenvalue weighted by molar-refractivity contribution is 5.91. The van der Waals surface area contributed by atoms with E-state index < -0.39 is 0 Å². The average Bonchev–Trinajstić information content (AvgIpc) is 3.11. The van der Waals surface area contributed by atoms with Crippen LogP contribution in [0.5, 0.6) is 0 Å². The van der Waals surface area contributed by atoms with Crippen LogP contribution in [0, 0.1) is 20.8 Å². The van der Waals surface area contributed by atoms with Crippen molar-refractivity contribution in [3.63, 3.8) is 0 Å². The number of aryl methyl sites for hydroxylation is 3. The molecule has 0 radical (unpaired) electrons. The zero-order valence-corrected chi connectivity index (χ0v) is 14.9. The van der Waals surface area contributed by atoms with Gasteiger partial charge in [-0.1, -0.05) is 0 Å². The summed E-state index contributed by atoms with van der Waals surface area (Å²) in [5.41, 5.74) is 4.91. The van der Waals surface area contributed by atoms with Gasteiger partial charge in [-0.3, -0.25) is 14.6 Å². The highest BCUT2D eigenvalue weighted by Gasteiger charge is 2.11. The molecular formula is C18H22N6O. The molecule has 0 spiro atoms. The van der Waals surface area contributed by atoms with Crippen LogP contribution in [0.1, 0.15) is 29.2 Å². The van der Waals surface area contributed by atoms with E-state index in [9.17, 15) is 4.79 Å². The lowest BCUT2D eigenvalue weighted by atomic mass is 10.1. The second-order valence-electron chi connectivity index (χ2n) is 6.14. The van der Waals surface area contributed by atoms with Crippen molar-refractivity contribution in [2.45, 2.75) is 33.6 Å². The Labute approximate surface area is 146 Å². The summed E-state index contributed by atoms with van der Waals surface area (Å²) in [4.78, 5) is 16.5. The number of aromatic amines is 1. The molecule has 0 aliphatic rings. The first kappa shape index (κ1) is 16.9. The maximum atomic E-state index is 12.2. The van der Waals surface area contributed by atoms with Gasteiger partial charge < -0.3 is 5.32 Å². The van der Waals surface area contributed by atoms with Gasteiger partial charge in [-0.25, -0.2) is 4.98 Å². The van der Waals surface area contributed by atoms with E-state index in [-0.39, 0.29) is 5.91 Å². The number of benzene rings is 1. The lowest BCUT2D eigenvalue weighted by molar-refractivity contribution is -0.116. The Hall–Kier alpha value is -2.96. The zero-order valence-electron chi connectivity index (χ0n) is 14.9. The van der Waals surface area contributed by atoms with Crippen molar-refractivity contribution < 1.29 is 4.79 Å². The Morgan fingerprint density at radius 2 is 1.92 bits per heavy atom. The number of carbonyl (C=O) groups is 1. The van der Waals surface area contributed by atoms with E-state index in [1.54, 1.807) is 0 Å². The Bertz CT molecular complexity index is 891. The van der Waals surface area contributed by atoms with Crippen LogP contribution in [0.25, 0.3) is 11.4 Å². The molecule has 0 saturated heterocycles. The highest BCUT2D eigenvalue weighted by Crippen LogP contribution is 2.19. The first-order valence-electron chi connectivity index (χ1n) is 8.22. The van der Waals surface area contributed by atoms with Gasteiger partial charge in [0.2, 0.25) is 5.91 Å². The third-order valence-electron chi connectivity index (χ3n) is 4.29. The fraction of sp³-hybridized carbons (Fsp3) is 0.333. The summed E-state index contributed by atoms with van der Waals surface area (Å²) >= 11 is 0. The van der Waals surface area contributed by atoms with E-state index in [0.29, 0.717) is 18.7 Å². The number of rotatable bonds is 5. The third-order valence-corrected chi connectivity index (χ3v) is 4.29. The van der Waals surface area contributed by atoms with Gasteiger partial charge in [-0.05, 0) is 57.0 Å². The molecule has 0 unspecified atom stereocenters. The monoisotopic (exact) mass is 338 g/mol. The maximum absolute atomic E-state index is 12.2. The van der Waals surface area contributed by atoms with Crippen LogP contribution in [0.15, 0.2) is 24.3 Å². The van der Waals surface area contributed by atoms with Crippen LogP contribution in [-0.2, 0) is 18.3 Å². The molecule has 1 aromatic carbocycles. The van der Waals surface area contributed by atoms with Crippen LogP contribution >= 0.6 is 0 Å². The molecule has 2 heterocycles. The molecule has 7 nitrogen and oxygen atoms in total. The number of amides is 1. The van der Waals surface area contributed by atoms with Crippen molar-refractivity contribution in [1.29, 1.82) is 0 Å². The summed E-state index contributed by atoms with van der Waals surface area (Å²) in [7, 11) is 1.92. The van der Waals surface area contributed by atoms with Crippen LogP contribution in [0.2, 0.25) is 0 Å². The van der Waals surface area contributed by atoms with Gasteiger partial charge in [0.15, 0.2) is 5.82 Å². The van der Waals surface area contributed by atoms with Crippen LogP contribution in [0.4, 0.5) is 5.69 Å². The van der Waals surface area contributed by atoms with Crippen molar-refractivity contribution in [1.82, 2.24) is 25.0 Å². The predicted octanol–water partition coefficient (Wildman–Crippen LogP) is 2.70. The molecule has 7 heteroatoms. The van der Waals surface area contributed by atoms with Gasteiger partial charge in [0.25, 0.3) is 0 Å². The average molecular weight is 338 g/mol. The summed E-state index contributed by atoms with van der Waals surface area (Å²) in [6, 6.07) is 7.51. The van der Waals surface area contributed by atoms with Crippen LogP contribution < -0.4 is 5.32 Å². The Kier molecular flexibility index (Phi) is 4.65. The van der Waals surface area contributed by atoms with E-state index in [2.05, 4.69) is 25.6 Å². The zero-order chi connectivity index (χ0) is 18.0. The predicted molar refractivity (Wildman–Crippen MR) is 96.2 cm³/mol. The third kappa shape index (κ3) is 3.76. The first-order valence-corrected chi connectivity index (χ1v) is 8.22. The minimum Gasteiger partial charge on any atom is -0.326 e. The highest BCUT2D eigenvalue weighted by atomic mass is 16.1. The van der Waals surface area contributed by atoms with E-state index in [4.69, 9.17) is 0 Å². The topological polar surface area (TPSA) is 88.5 Å². The molecule has 0 aliphatic heterocycles. The number of hydrogen-bond acceptors (Lipinski definition) is 4. The number of carbonyl (C=O) groups excluding carboxylic acids is 1. The first-order chi connectivity index (χ1) is 11.9. The van der Waals surface area contributed by atoms with Crippen molar-refractivity contribution in [3.8, 4) is 11.4 Å². The van der Waals surface area contributed by atoms with E-state index in [0.717, 1.165) is 34.0 Å². The van der Waals surface area contributed by atoms with Gasteiger partial charge >= 0.3 is 0 Å². The lowest BCUT2D eigenvalue weighted by Crippen LogP contribution is -2.12. The number of aromatic nitrogens is 5. The van der Waals surface area contributed by atoms with Crippen LogP contribution in [-0.4, -0.2) is 30.9 Å². The summed E-state index contributed by atoms with van der Waals surface area (Å²) in [5.74, 6) is 1.41. The molecule has 0 aliphatic carbocycles. The molecule has 130 valence electrons. The summed E-state index contributed by atoms with van der Waals surface area (Å²) in [6.45, 7) is 5.86. The quantitative estimate of drug-likeness (QED) is 0.748. The molecular weight excluding hydrogens is 316 g/mol. The normalized spacial score (nSPS) is 10.9. The van der Waals surface area contributed by atoms with Gasteiger partial charge in [0.1, 0.15) is 5.82 Å². The largest absolute Gasteiger partial charge is 0.326 e. The second-order valence-corrected chi connectivity index (χ2v) is 6.14. The molecule has 0 saturated carbocycles. The minimum absolute atomic E-state index is 0.0101. The smallest absolute Gasteiger partial charge is 0.224 e. The Morgan fingerprint density at radius 3 is 2.48 bits per heavy atom. The molecule has 0 fully saturated rings. The SMILES string of the molecule is Cc1nc(-c2ccc(NC(=O)CCc3c(C)nn(C)c3C)cc2)n[nH]1. The number of nitrogens with zero attached hydrogens (tertiary/aromatic N) is 4. The van der Waals surface area contributed by atoms with Gasteiger partial charge in [-0.15, -0.1) is 0 Å². The van der Waals surface area contributed by atoms with E-state index in [1.807, 2.05) is 56.8 Å². The molecule has 3 aromatic rings. The standard InChI is InChI=1S/C18H22N6O/c1-11-16(12(2)24(4)23-11)9-10-17(25)20-15-7-5-14(6-8-15)18-19-13(3)21-22-18/h5-8H,9-10H2,1-4H3,(H,20,25)(H,19,21,22). The molecule has 2 aromatic heterocycles. The van der Waals surface area contributed by atoms with Crippen LogP contribution in [0.3, 0.4) is 0 Å². The van der Waals surface area contributed by atoms with Gasteiger partial charge in [0.05, 0.1) is 5.69 Å². The number of H-pyrrole nitrogens is 1. The number of hydrogen-bond donors (Lipinski definition) is 2. The van der Waals surface area contributed by atoms with E-state index in [1.165, 1.54) is 0 Å². The van der Waals surface area contributed by atoms with E-state index >= 15 is 0 Å². The van der Waals surface area contributed by atoms with Gasteiger partial charge in [-0.2, -0.15) is 10.2 Å². The van der Waals surface area contributed by atoms with Crippen molar-refractivity contribution in [3.05, 3.63) is 47.0 Å². The van der Waals surface area contributed by atoms with Crippen molar-refractivity contribution in [2.24, 2.45) is 7.05 Å². The fourth-order valence-electron chi connectivity index (χ4n) is 2.82. The maximum Gasteiger partial charge on any atom is 0.224 e. The second kappa shape index (κ2) is 6.88. The molecule has 2 N–H and O–H groups in total. The summed E-state index contributed by atoms with van der Waals surface area (Å²) in [5, 5.41) is 14.3. The number of anilines is 1. The molecule has 1 amide bonds. The summed E-state index contributed by atoms with van der Waals surface area (Å²) in [6.07, 6.45) is 1.11. The molecule has 0 bridgehead atoms. The lowest BCUT2D eigenvalue weighted by Gasteiger charge is -2.06.